The van der Waals surface area contributed by atoms with Crippen molar-refractivity contribution in [1.82, 2.24) is 9.88 Å². The highest BCUT2D eigenvalue weighted by Gasteiger charge is 2.25. The third-order valence-corrected chi connectivity index (χ3v) is 7.88. The summed E-state index contributed by atoms with van der Waals surface area (Å²) in [4.78, 5) is 5.29. The molecule has 0 radical (unpaired) electrons. The molecule has 1 aliphatic heterocycles. The summed E-state index contributed by atoms with van der Waals surface area (Å²) in [6.07, 6.45) is 7.05. The zero-order chi connectivity index (χ0) is 24.6. The number of likely N-dealkylation sites (tertiary alicyclic amines) is 1. The summed E-state index contributed by atoms with van der Waals surface area (Å²) in [5.74, 6) is 7.06. The van der Waals surface area contributed by atoms with Gasteiger partial charge in [0.15, 0.2) is 0 Å². The molecule has 5 rings (SSSR count). The highest BCUT2D eigenvalue weighted by atomic mass is 32.2. The number of hydrogen-bond acceptors (Lipinski definition) is 3. The van der Waals surface area contributed by atoms with Crippen molar-refractivity contribution in [3.63, 3.8) is 0 Å². The first-order valence-corrected chi connectivity index (χ1v) is 13.6. The predicted octanol–water partition coefficient (Wildman–Crippen LogP) is 4.31. The minimum Gasteiger partial charge on any atom is -0.364 e. The van der Waals surface area contributed by atoms with Crippen LogP contribution in [-0.4, -0.2) is 38.4 Å². The van der Waals surface area contributed by atoms with E-state index >= 15 is 0 Å². The molecule has 5 nitrogen and oxygen atoms in total. The molecule has 2 aromatic carbocycles. The van der Waals surface area contributed by atoms with Gasteiger partial charge in [-0.05, 0) is 92.6 Å². The molecule has 2 aliphatic rings. The SMILES string of the molecule is CN1CCC(C#Cc2cccc(-c3c[nH]c(CC4CC4)c3Cc3ccc(S(N)(=O)=O)c(F)c3)c2)C1. The fraction of sp³-hybridized carbons (Fsp3) is 0.357. The van der Waals surface area contributed by atoms with Crippen LogP contribution in [-0.2, 0) is 22.9 Å². The third kappa shape index (κ3) is 5.67. The number of hydrogen-bond donors (Lipinski definition) is 2. The van der Waals surface area contributed by atoms with Crippen LogP contribution >= 0.6 is 0 Å². The normalized spacial score (nSPS) is 18.4. The van der Waals surface area contributed by atoms with Gasteiger partial charge in [0.1, 0.15) is 10.7 Å². The molecule has 0 bridgehead atoms. The van der Waals surface area contributed by atoms with Gasteiger partial charge in [0, 0.05) is 35.5 Å². The first kappa shape index (κ1) is 23.8. The monoisotopic (exact) mass is 491 g/mol. The minimum absolute atomic E-state index is 0.409. The fourth-order valence-electron chi connectivity index (χ4n) is 4.84. The van der Waals surface area contributed by atoms with Crippen molar-refractivity contribution in [3.8, 4) is 23.0 Å². The van der Waals surface area contributed by atoms with Gasteiger partial charge >= 0.3 is 0 Å². The molecule has 35 heavy (non-hydrogen) atoms. The van der Waals surface area contributed by atoms with Gasteiger partial charge in [0.05, 0.1) is 0 Å². The molecule has 1 saturated carbocycles. The van der Waals surface area contributed by atoms with Crippen LogP contribution in [0.4, 0.5) is 4.39 Å². The van der Waals surface area contributed by atoms with Crippen LogP contribution in [0.15, 0.2) is 53.6 Å². The molecule has 0 spiro atoms. The van der Waals surface area contributed by atoms with E-state index in [0.29, 0.717) is 23.8 Å². The Hall–Kier alpha value is -2.92. The zero-order valence-corrected chi connectivity index (χ0v) is 20.7. The summed E-state index contributed by atoms with van der Waals surface area (Å²) in [7, 11) is -1.97. The van der Waals surface area contributed by atoms with Crippen molar-refractivity contribution < 1.29 is 12.8 Å². The standard InChI is InChI=1S/C28H30FN3O2S/c1-32-12-11-21(18-32)8-7-19-3-2-4-23(13-19)25-17-31-27(16-20-5-6-20)24(25)14-22-9-10-28(26(29)15-22)35(30,33)34/h2-4,9-10,13,15,17,20-21,31H,5-6,11-12,14,16,18H2,1H3,(H2,30,33,34). The second-order valence-electron chi connectivity index (χ2n) is 9.89. The third-order valence-electron chi connectivity index (χ3n) is 6.94. The Morgan fingerprint density at radius 2 is 2.00 bits per heavy atom. The molecule has 0 amide bonds. The molecule has 1 aliphatic carbocycles. The average molecular weight is 492 g/mol. The van der Waals surface area contributed by atoms with Crippen LogP contribution in [0.2, 0.25) is 0 Å². The van der Waals surface area contributed by atoms with Crippen molar-refractivity contribution in [1.29, 1.82) is 0 Å². The van der Waals surface area contributed by atoms with Gasteiger partial charge in [-0.15, -0.1) is 0 Å². The van der Waals surface area contributed by atoms with Gasteiger partial charge in [-0.3, -0.25) is 0 Å². The van der Waals surface area contributed by atoms with Crippen molar-refractivity contribution in [3.05, 3.63) is 76.9 Å². The summed E-state index contributed by atoms with van der Waals surface area (Å²) < 4.78 is 37.7. The smallest absolute Gasteiger partial charge is 0.240 e. The molecule has 3 N–H and O–H groups in total. The summed E-state index contributed by atoms with van der Waals surface area (Å²) in [5.41, 5.74) is 6.09. The second-order valence-corrected chi connectivity index (χ2v) is 11.4. The number of rotatable bonds is 6. The van der Waals surface area contributed by atoms with Crippen molar-refractivity contribution >= 4 is 10.0 Å². The van der Waals surface area contributed by atoms with E-state index in [2.05, 4.69) is 40.9 Å². The Labute approximate surface area is 206 Å². The lowest BCUT2D eigenvalue weighted by atomic mass is 9.94. The van der Waals surface area contributed by atoms with Crippen LogP contribution in [0.1, 0.15) is 41.6 Å². The minimum atomic E-state index is -4.10. The molecule has 1 unspecified atom stereocenters. The van der Waals surface area contributed by atoms with Crippen molar-refractivity contribution in [2.75, 3.05) is 20.1 Å². The van der Waals surface area contributed by atoms with E-state index in [-0.39, 0.29) is 0 Å². The van der Waals surface area contributed by atoms with Crippen LogP contribution in [0.25, 0.3) is 11.1 Å². The Bertz CT molecular complexity index is 1410. The number of aromatic nitrogens is 1. The van der Waals surface area contributed by atoms with Crippen LogP contribution in [0.5, 0.6) is 0 Å². The number of primary sulfonamides is 1. The summed E-state index contributed by atoms with van der Waals surface area (Å²) >= 11 is 0. The molecular formula is C28H30FN3O2S. The van der Waals surface area contributed by atoms with Gasteiger partial charge in [0.2, 0.25) is 10.0 Å². The number of H-pyrrole nitrogens is 1. The van der Waals surface area contributed by atoms with E-state index in [1.807, 2.05) is 18.3 Å². The molecule has 2 heterocycles. The largest absolute Gasteiger partial charge is 0.364 e. The predicted molar refractivity (Wildman–Crippen MR) is 136 cm³/mol. The topological polar surface area (TPSA) is 79.2 Å². The first-order chi connectivity index (χ1) is 16.8. The maximum Gasteiger partial charge on any atom is 0.240 e. The van der Waals surface area contributed by atoms with E-state index < -0.39 is 20.7 Å². The van der Waals surface area contributed by atoms with Gasteiger partial charge in [-0.1, -0.05) is 30.0 Å². The lowest BCUT2D eigenvalue weighted by Crippen LogP contribution is -2.14. The van der Waals surface area contributed by atoms with Crippen LogP contribution < -0.4 is 5.14 Å². The lowest BCUT2D eigenvalue weighted by molar-refractivity contribution is 0.409. The number of nitrogens with two attached hydrogens (primary N) is 1. The number of sulfonamides is 1. The Morgan fingerprint density at radius 1 is 1.17 bits per heavy atom. The first-order valence-electron chi connectivity index (χ1n) is 12.1. The fourth-order valence-corrected chi connectivity index (χ4v) is 5.43. The highest BCUT2D eigenvalue weighted by molar-refractivity contribution is 7.89. The van der Waals surface area contributed by atoms with Gasteiger partial charge < -0.3 is 9.88 Å². The number of nitrogens with zero attached hydrogens (tertiary/aromatic N) is 1. The zero-order valence-electron chi connectivity index (χ0n) is 19.9. The maximum atomic E-state index is 14.5. The molecule has 182 valence electrons. The highest BCUT2D eigenvalue weighted by Crippen LogP contribution is 2.36. The Morgan fingerprint density at radius 3 is 2.69 bits per heavy atom. The molecule has 1 atom stereocenters. The van der Waals surface area contributed by atoms with Gasteiger partial charge in [-0.2, -0.15) is 0 Å². The number of halogens is 1. The van der Waals surface area contributed by atoms with E-state index in [4.69, 9.17) is 5.14 Å². The molecule has 7 heteroatoms. The summed E-state index contributed by atoms with van der Waals surface area (Å²) in [6, 6.07) is 12.4. The van der Waals surface area contributed by atoms with Crippen LogP contribution in [0, 0.1) is 29.5 Å². The summed E-state index contributed by atoms with van der Waals surface area (Å²) in [5, 5.41) is 5.13. The maximum absolute atomic E-state index is 14.5. The van der Waals surface area contributed by atoms with Crippen molar-refractivity contribution in [2.24, 2.45) is 17.0 Å². The number of aromatic amines is 1. The van der Waals surface area contributed by atoms with E-state index in [0.717, 1.165) is 53.9 Å². The van der Waals surface area contributed by atoms with Gasteiger partial charge in [-0.25, -0.2) is 17.9 Å². The number of benzene rings is 2. The molecule has 2 fully saturated rings. The van der Waals surface area contributed by atoms with Crippen LogP contribution in [0.3, 0.4) is 0 Å². The van der Waals surface area contributed by atoms with E-state index in [1.54, 1.807) is 6.07 Å². The molecule has 1 saturated heterocycles. The van der Waals surface area contributed by atoms with E-state index in [9.17, 15) is 12.8 Å². The molecule has 1 aromatic heterocycles. The Kier molecular flexibility index (Phi) is 6.54. The quantitative estimate of drug-likeness (QED) is 0.504. The van der Waals surface area contributed by atoms with E-state index in [1.165, 1.54) is 25.0 Å². The molecular weight excluding hydrogens is 461 g/mol. The average Bonchev–Trinajstić information content (AvgIpc) is 3.40. The number of nitrogens with one attached hydrogen (secondary N) is 1. The Balaban J connectivity index is 1.46. The van der Waals surface area contributed by atoms with Crippen molar-refractivity contribution in [2.45, 2.75) is 37.0 Å². The summed E-state index contributed by atoms with van der Waals surface area (Å²) in [6.45, 7) is 2.11. The van der Waals surface area contributed by atoms with Gasteiger partial charge in [0.25, 0.3) is 0 Å². The lowest BCUT2D eigenvalue weighted by Gasteiger charge is -2.10. The second kappa shape index (κ2) is 9.62. The molecule has 3 aromatic rings.